The van der Waals surface area contributed by atoms with Crippen molar-refractivity contribution < 1.29 is 29.0 Å². The fourth-order valence-corrected chi connectivity index (χ4v) is 3.38. The highest BCUT2D eigenvalue weighted by molar-refractivity contribution is 5.90. The number of fused-ring (bicyclic) bond motifs is 2. The van der Waals surface area contributed by atoms with E-state index in [2.05, 4.69) is 0 Å². The number of carbonyl (C=O) groups excluding carboxylic acids is 2. The van der Waals surface area contributed by atoms with Crippen molar-refractivity contribution >= 4 is 18.0 Å². The van der Waals surface area contributed by atoms with Gasteiger partial charge in [-0.3, -0.25) is 9.69 Å². The average Bonchev–Trinajstić information content (AvgIpc) is 2.89. The summed E-state index contributed by atoms with van der Waals surface area (Å²) in [5.74, 6) is -2.33. The molecule has 2 rings (SSSR count). The van der Waals surface area contributed by atoms with Crippen LogP contribution in [0.2, 0.25) is 0 Å². The summed E-state index contributed by atoms with van der Waals surface area (Å²) in [5, 5.41) is 9.31. The Morgan fingerprint density at radius 1 is 1.29 bits per heavy atom. The SMILES string of the molecule is COC(=O)C12CCC(C(C(=O)O)C1)N2C(=O)OC(C)(C)C. The number of hydrogen-bond acceptors (Lipinski definition) is 5. The molecule has 2 aliphatic heterocycles. The Bertz CT molecular complexity index is 482. The van der Waals surface area contributed by atoms with E-state index in [0.29, 0.717) is 12.8 Å². The molecular formula is C14H21NO6. The fourth-order valence-electron chi connectivity index (χ4n) is 3.38. The predicted octanol–water partition coefficient (Wildman–Crippen LogP) is 1.40. The summed E-state index contributed by atoms with van der Waals surface area (Å²) in [4.78, 5) is 37.3. The number of rotatable bonds is 2. The molecule has 7 heteroatoms. The lowest BCUT2D eigenvalue weighted by molar-refractivity contribution is -0.152. The van der Waals surface area contributed by atoms with Gasteiger partial charge in [-0.25, -0.2) is 9.59 Å². The Balaban J connectivity index is 2.35. The van der Waals surface area contributed by atoms with Gasteiger partial charge in [0.2, 0.25) is 0 Å². The maximum atomic E-state index is 12.4. The molecule has 2 bridgehead atoms. The Morgan fingerprint density at radius 3 is 2.38 bits per heavy atom. The minimum absolute atomic E-state index is 0.0823. The first-order chi connectivity index (χ1) is 9.62. The van der Waals surface area contributed by atoms with Crippen LogP contribution in [0.1, 0.15) is 40.0 Å². The van der Waals surface area contributed by atoms with Gasteiger partial charge < -0.3 is 14.6 Å². The van der Waals surface area contributed by atoms with Gasteiger partial charge in [0, 0.05) is 6.04 Å². The molecule has 3 unspecified atom stereocenters. The molecule has 3 atom stereocenters. The van der Waals surface area contributed by atoms with E-state index >= 15 is 0 Å². The standard InChI is InChI=1S/C14H21NO6/c1-13(2,3)21-12(19)15-9-5-6-14(15,11(18)20-4)7-8(9)10(16)17/h8-9H,5-7H2,1-4H3,(H,16,17). The monoisotopic (exact) mass is 299 g/mol. The summed E-state index contributed by atoms with van der Waals surface area (Å²) in [5.41, 5.74) is -1.92. The minimum atomic E-state index is -1.20. The first-order valence-corrected chi connectivity index (χ1v) is 6.96. The van der Waals surface area contributed by atoms with Gasteiger partial charge in [0.1, 0.15) is 11.1 Å². The van der Waals surface area contributed by atoms with Gasteiger partial charge in [-0.1, -0.05) is 0 Å². The van der Waals surface area contributed by atoms with E-state index in [-0.39, 0.29) is 6.42 Å². The minimum Gasteiger partial charge on any atom is -0.481 e. The molecule has 0 aliphatic carbocycles. The van der Waals surface area contributed by atoms with Gasteiger partial charge in [0.25, 0.3) is 0 Å². The van der Waals surface area contributed by atoms with Crippen molar-refractivity contribution in [2.75, 3.05) is 7.11 Å². The highest BCUT2D eigenvalue weighted by atomic mass is 16.6. The zero-order chi connectivity index (χ0) is 16.0. The smallest absolute Gasteiger partial charge is 0.411 e. The molecule has 2 heterocycles. The van der Waals surface area contributed by atoms with Crippen LogP contribution < -0.4 is 0 Å². The lowest BCUT2D eigenvalue weighted by atomic mass is 9.81. The van der Waals surface area contributed by atoms with E-state index in [0.717, 1.165) is 0 Å². The Hall–Kier alpha value is -1.79. The number of nitrogens with zero attached hydrogens (tertiary/aromatic N) is 1. The van der Waals surface area contributed by atoms with Crippen LogP contribution in [0.5, 0.6) is 0 Å². The summed E-state index contributed by atoms with van der Waals surface area (Å²) in [6, 6.07) is -0.517. The van der Waals surface area contributed by atoms with Gasteiger partial charge in [0.15, 0.2) is 0 Å². The number of aliphatic carboxylic acids is 1. The second kappa shape index (κ2) is 4.89. The van der Waals surface area contributed by atoms with Gasteiger partial charge in [-0.05, 0) is 40.0 Å². The summed E-state index contributed by atoms with van der Waals surface area (Å²) in [6.45, 7) is 5.17. The van der Waals surface area contributed by atoms with E-state index in [9.17, 15) is 19.5 Å². The number of ether oxygens (including phenoxy) is 2. The first kappa shape index (κ1) is 15.6. The maximum Gasteiger partial charge on any atom is 0.411 e. The number of carboxylic acid groups (broad SMARTS) is 1. The highest BCUT2D eigenvalue weighted by Crippen LogP contribution is 2.50. The third kappa shape index (κ3) is 2.45. The second-order valence-corrected chi connectivity index (χ2v) is 6.63. The van der Waals surface area contributed by atoms with Crippen LogP contribution in [0.15, 0.2) is 0 Å². The zero-order valence-electron chi connectivity index (χ0n) is 12.7. The molecule has 0 aromatic heterocycles. The molecule has 1 N–H and O–H groups in total. The summed E-state index contributed by atoms with van der Waals surface area (Å²) < 4.78 is 10.1. The molecule has 2 aliphatic rings. The van der Waals surface area contributed by atoms with E-state index in [1.807, 2.05) is 0 Å². The van der Waals surface area contributed by atoms with Crippen molar-refractivity contribution in [3.8, 4) is 0 Å². The van der Waals surface area contributed by atoms with Crippen LogP contribution in [0.4, 0.5) is 4.79 Å². The van der Waals surface area contributed by atoms with Crippen molar-refractivity contribution in [3.63, 3.8) is 0 Å². The second-order valence-electron chi connectivity index (χ2n) is 6.63. The topological polar surface area (TPSA) is 93.1 Å². The van der Waals surface area contributed by atoms with Crippen molar-refractivity contribution in [1.29, 1.82) is 0 Å². The average molecular weight is 299 g/mol. The van der Waals surface area contributed by atoms with Crippen LogP contribution in [0, 0.1) is 5.92 Å². The molecule has 0 aromatic rings. The van der Waals surface area contributed by atoms with Crippen LogP contribution in [0.25, 0.3) is 0 Å². The quantitative estimate of drug-likeness (QED) is 0.775. The number of esters is 1. The van der Waals surface area contributed by atoms with Crippen molar-refractivity contribution in [2.45, 2.75) is 57.2 Å². The first-order valence-electron chi connectivity index (χ1n) is 6.96. The van der Waals surface area contributed by atoms with E-state index in [1.54, 1.807) is 20.8 Å². The van der Waals surface area contributed by atoms with Crippen LogP contribution >= 0.6 is 0 Å². The third-order valence-corrected chi connectivity index (χ3v) is 4.14. The molecule has 7 nitrogen and oxygen atoms in total. The molecule has 0 aromatic carbocycles. The molecular weight excluding hydrogens is 278 g/mol. The van der Waals surface area contributed by atoms with E-state index in [4.69, 9.17) is 9.47 Å². The molecule has 21 heavy (non-hydrogen) atoms. The third-order valence-electron chi connectivity index (χ3n) is 4.14. The number of hydrogen-bond donors (Lipinski definition) is 1. The molecule has 0 radical (unpaired) electrons. The normalized spacial score (nSPS) is 31.1. The molecule has 0 saturated carbocycles. The number of carbonyl (C=O) groups is 3. The molecule has 0 spiro atoms. The number of methoxy groups -OCH3 is 1. The Kier molecular flexibility index (Phi) is 3.63. The van der Waals surface area contributed by atoms with E-state index in [1.165, 1.54) is 12.0 Å². The lowest BCUT2D eigenvalue weighted by Crippen LogP contribution is -2.52. The van der Waals surface area contributed by atoms with Crippen LogP contribution in [-0.2, 0) is 19.1 Å². The summed E-state index contributed by atoms with van der Waals surface area (Å²) in [7, 11) is 1.24. The molecule has 2 saturated heterocycles. The highest BCUT2D eigenvalue weighted by Gasteiger charge is 2.65. The Morgan fingerprint density at radius 2 is 1.90 bits per heavy atom. The zero-order valence-corrected chi connectivity index (χ0v) is 12.7. The van der Waals surface area contributed by atoms with Gasteiger partial charge in [-0.2, -0.15) is 0 Å². The van der Waals surface area contributed by atoms with Gasteiger partial charge in [-0.15, -0.1) is 0 Å². The maximum absolute atomic E-state index is 12.4. The number of carboxylic acids is 1. The predicted molar refractivity (Wildman–Crippen MR) is 71.6 cm³/mol. The van der Waals surface area contributed by atoms with Crippen molar-refractivity contribution in [1.82, 2.24) is 4.90 Å². The summed E-state index contributed by atoms with van der Waals surface area (Å²) in [6.07, 6.45) is 0.302. The fraction of sp³-hybridized carbons (Fsp3) is 0.786. The van der Waals surface area contributed by atoms with Crippen LogP contribution in [-0.4, -0.2) is 52.3 Å². The lowest BCUT2D eigenvalue weighted by Gasteiger charge is -2.33. The van der Waals surface area contributed by atoms with Crippen molar-refractivity contribution in [3.05, 3.63) is 0 Å². The Labute approximate surface area is 123 Å². The van der Waals surface area contributed by atoms with Crippen LogP contribution in [0.3, 0.4) is 0 Å². The molecule has 1 amide bonds. The molecule has 118 valence electrons. The molecule has 2 fully saturated rings. The largest absolute Gasteiger partial charge is 0.481 e. The van der Waals surface area contributed by atoms with Crippen molar-refractivity contribution in [2.24, 2.45) is 5.92 Å². The van der Waals surface area contributed by atoms with Gasteiger partial charge >= 0.3 is 18.0 Å². The summed E-state index contributed by atoms with van der Waals surface area (Å²) >= 11 is 0. The number of amides is 1. The van der Waals surface area contributed by atoms with Gasteiger partial charge in [0.05, 0.1) is 13.0 Å². The van der Waals surface area contributed by atoms with E-state index < -0.39 is 41.1 Å².